The summed E-state index contributed by atoms with van der Waals surface area (Å²) in [5.74, 6) is -0.368. The van der Waals surface area contributed by atoms with Crippen LogP contribution >= 0.6 is 11.6 Å². The second-order valence-electron chi connectivity index (χ2n) is 5.04. The normalized spacial score (nSPS) is 18.2. The number of hydrogen-bond donors (Lipinski definition) is 1. The minimum Gasteiger partial charge on any atom is -0.445 e. The second-order valence-corrected chi connectivity index (χ2v) is 5.31. The lowest BCUT2D eigenvalue weighted by molar-refractivity contribution is -0.134. The summed E-state index contributed by atoms with van der Waals surface area (Å²) in [5, 5.41) is 9.40. The maximum atomic E-state index is 12.1. The number of rotatable bonds is 4. The first kappa shape index (κ1) is 16.6. The summed E-state index contributed by atoms with van der Waals surface area (Å²) in [6.45, 7) is 0.937. The fourth-order valence-corrected chi connectivity index (χ4v) is 2.55. The van der Waals surface area contributed by atoms with Crippen LogP contribution in [0.4, 0.5) is 4.79 Å². The Kier molecular flexibility index (Phi) is 6.03. The van der Waals surface area contributed by atoms with Crippen molar-refractivity contribution < 1.29 is 19.4 Å². The van der Waals surface area contributed by atoms with Gasteiger partial charge in [-0.2, -0.15) is 0 Å². The van der Waals surface area contributed by atoms with Crippen molar-refractivity contribution in [1.29, 1.82) is 0 Å². The van der Waals surface area contributed by atoms with Crippen LogP contribution in [0.5, 0.6) is 0 Å². The number of aliphatic hydroxyl groups excluding tert-OH is 1. The lowest BCUT2D eigenvalue weighted by atomic mass is 10.2. The van der Waals surface area contributed by atoms with E-state index in [1.807, 2.05) is 30.3 Å². The largest absolute Gasteiger partial charge is 0.445 e. The van der Waals surface area contributed by atoms with Crippen molar-refractivity contribution in [2.75, 3.05) is 32.1 Å². The Balaban J connectivity index is 1.88. The molecule has 0 unspecified atom stereocenters. The number of benzene rings is 1. The van der Waals surface area contributed by atoms with Gasteiger partial charge in [0.2, 0.25) is 5.91 Å². The molecule has 1 aromatic rings. The zero-order valence-corrected chi connectivity index (χ0v) is 12.9. The highest BCUT2D eigenvalue weighted by Crippen LogP contribution is 2.12. The first-order valence-electron chi connectivity index (χ1n) is 7.07. The van der Waals surface area contributed by atoms with Crippen molar-refractivity contribution in [3.8, 4) is 0 Å². The molecule has 0 spiro atoms. The number of carbonyl (C=O) groups excluding carboxylic acids is 2. The van der Waals surface area contributed by atoms with Gasteiger partial charge in [-0.1, -0.05) is 30.3 Å². The molecule has 2 rings (SSSR count). The Morgan fingerprint density at radius 1 is 1.27 bits per heavy atom. The van der Waals surface area contributed by atoms with Crippen LogP contribution in [-0.4, -0.2) is 65.1 Å². The fourth-order valence-electron chi connectivity index (χ4n) is 2.39. The third kappa shape index (κ3) is 4.11. The molecule has 1 atom stereocenters. The van der Waals surface area contributed by atoms with Gasteiger partial charge in [-0.3, -0.25) is 4.79 Å². The zero-order chi connectivity index (χ0) is 15.9. The number of amides is 2. The number of aliphatic hydroxyl groups is 1. The van der Waals surface area contributed by atoms with Crippen molar-refractivity contribution >= 4 is 23.6 Å². The summed E-state index contributed by atoms with van der Waals surface area (Å²) in [5.41, 5.74) is 0.908. The number of carbonyl (C=O) groups is 2. The lowest BCUT2D eigenvalue weighted by Gasteiger charge is -2.39. The molecule has 0 saturated carbocycles. The summed E-state index contributed by atoms with van der Waals surface area (Å²) >= 11 is 5.55. The lowest BCUT2D eigenvalue weighted by Crippen LogP contribution is -2.58. The van der Waals surface area contributed by atoms with Crippen molar-refractivity contribution in [1.82, 2.24) is 9.80 Å². The number of ether oxygens (including phenoxy) is 1. The van der Waals surface area contributed by atoms with Gasteiger partial charge in [0.05, 0.1) is 12.6 Å². The van der Waals surface area contributed by atoms with Gasteiger partial charge in [-0.15, -0.1) is 11.6 Å². The molecule has 2 amide bonds. The molecule has 1 aromatic carbocycles. The van der Waals surface area contributed by atoms with Crippen LogP contribution in [0.15, 0.2) is 30.3 Å². The van der Waals surface area contributed by atoms with E-state index in [0.717, 1.165) is 5.56 Å². The van der Waals surface area contributed by atoms with E-state index in [4.69, 9.17) is 16.3 Å². The van der Waals surface area contributed by atoms with E-state index >= 15 is 0 Å². The molecular weight excluding hydrogens is 308 g/mol. The zero-order valence-electron chi connectivity index (χ0n) is 12.2. The summed E-state index contributed by atoms with van der Waals surface area (Å²) in [6.07, 6.45) is -0.444. The minimum absolute atomic E-state index is 0.130. The highest BCUT2D eigenvalue weighted by molar-refractivity contribution is 6.27. The molecule has 1 saturated heterocycles. The minimum atomic E-state index is -0.444. The van der Waals surface area contributed by atoms with Gasteiger partial charge in [0.15, 0.2) is 0 Å². The molecule has 22 heavy (non-hydrogen) atoms. The van der Waals surface area contributed by atoms with E-state index in [9.17, 15) is 14.7 Å². The monoisotopic (exact) mass is 326 g/mol. The van der Waals surface area contributed by atoms with Gasteiger partial charge in [0.1, 0.15) is 12.5 Å². The Morgan fingerprint density at radius 2 is 2.00 bits per heavy atom. The Labute approximate surface area is 134 Å². The van der Waals surface area contributed by atoms with Gasteiger partial charge in [0, 0.05) is 19.6 Å². The molecular formula is C15H19ClN2O4. The molecule has 1 heterocycles. The van der Waals surface area contributed by atoms with Crippen LogP contribution in [0.3, 0.4) is 0 Å². The highest BCUT2D eigenvalue weighted by Gasteiger charge is 2.32. The summed E-state index contributed by atoms with van der Waals surface area (Å²) in [4.78, 5) is 26.8. The Morgan fingerprint density at radius 3 is 2.64 bits per heavy atom. The maximum absolute atomic E-state index is 12.1. The number of alkyl halides is 1. The number of halogens is 1. The topological polar surface area (TPSA) is 70.1 Å². The molecule has 1 aliphatic heterocycles. The predicted octanol–water partition coefficient (Wildman–Crippen LogP) is 1.07. The van der Waals surface area contributed by atoms with Gasteiger partial charge in [0.25, 0.3) is 0 Å². The van der Waals surface area contributed by atoms with E-state index < -0.39 is 12.1 Å². The van der Waals surface area contributed by atoms with Gasteiger partial charge in [-0.25, -0.2) is 4.79 Å². The molecule has 0 aromatic heterocycles. The number of piperazine rings is 1. The van der Waals surface area contributed by atoms with E-state index in [-0.39, 0.29) is 31.5 Å². The second kappa shape index (κ2) is 8.00. The summed E-state index contributed by atoms with van der Waals surface area (Å²) in [7, 11) is 0. The fraction of sp³-hybridized carbons (Fsp3) is 0.467. The smallest absolute Gasteiger partial charge is 0.410 e. The quantitative estimate of drug-likeness (QED) is 0.840. The molecule has 120 valence electrons. The molecule has 1 N–H and O–H groups in total. The molecule has 1 aliphatic rings. The van der Waals surface area contributed by atoms with Crippen molar-refractivity contribution in [2.45, 2.75) is 12.6 Å². The van der Waals surface area contributed by atoms with E-state index in [1.165, 1.54) is 9.80 Å². The predicted molar refractivity (Wildman–Crippen MR) is 81.5 cm³/mol. The molecule has 7 heteroatoms. The van der Waals surface area contributed by atoms with Crippen LogP contribution in [0.25, 0.3) is 0 Å². The average Bonchev–Trinajstić information content (AvgIpc) is 2.59. The van der Waals surface area contributed by atoms with Gasteiger partial charge >= 0.3 is 6.09 Å². The van der Waals surface area contributed by atoms with Crippen LogP contribution in [0.1, 0.15) is 5.56 Å². The van der Waals surface area contributed by atoms with E-state index in [1.54, 1.807) is 0 Å². The van der Waals surface area contributed by atoms with Crippen molar-refractivity contribution in [3.63, 3.8) is 0 Å². The average molecular weight is 327 g/mol. The standard InChI is InChI=1S/C15H19ClN2O4/c16-8-14(20)18-7-6-17(9-13(18)10-19)15(21)22-11-12-4-2-1-3-5-12/h1-5,13,19H,6-11H2/t13-/m0/s1. The third-order valence-corrected chi connectivity index (χ3v) is 3.82. The number of nitrogens with zero attached hydrogens (tertiary/aromatic N) is 2. The van der Waals surface area contributed by atoms with Gasteiger partial charge in [-0.05, 0) is 5.56 Å². The molecule has 0 bridgehead atoms. The van der Waals surface area contributed by atoms with Gasteiger partial charge < -0.3 is 19.6 Å². The molecule has 0 radical (unpaired) electrons. The first-order valence-corrected chi connectivity index (χ1v) is 7.61. The highest BCUT2D eigenvalue weighted by atomic mass is 35.5. The maximum Gasteiger partial charge on any atom is 0.410 e. The van der Waals surface area contributed by atoms with Crippen LogP contribution < -0.4 is 0 Å². The molecule has 0 aliphatic carbocycles. The molecule has 6 nitrogen and oxygen atoms in total. The summed E-state index contributed by atoms with van der Waals surface area (Å²) < 4.78 is 5.26. The third-order valence-electron chi connectivity index (χ3n) is 3.59. The van der Waals surface area contributed by atoms with Crippen LogP contribution in [-0.2, 0) is 16.1 Å². The van der Waals surface area contributed by atoms with Crippen molar-refractivity contribution in [3.05, 3.63) is 35.9 Å². The number of hydrogen-bond acceptors (Lipinski definition) is 4. The summed E-state index contributed by atoms with van der Waals surface area (Å²) in [6, 6.07) is 8.96. The van der Waals surface area contributed by atoms with Crippen LogP contribution in [0.2, 0.25) is 0 Å². The van der Waals surface area contributed by atoms with E-state index in [2.05, 4.69) is 0 Å². The first-order chi connectivity index (χ1) is 10.7. The van der Waals surface area contributed by atoms with Crippen molar-refractivity contribution in [2.24, 2.45) is 0 Å². The van der Waals surface area contributed by atoms with E-state index in [0.29, 0.717) is 13.1 Å². The SMILES string of the molecule is O=C(OCc1ccccc1)N1CCN(C(=O)CCl)[C@H](CO)C1. The molecule has 1 fully saturated rings. The van der Waals surface area contributed by atoms with Crippen LogP contribution in [0, 0.1) is 0 Å². The Bertz CT molecular complexity index is 512. The Hall–Kier alpha value is -1.79.